The van der Waals surface area contributed by atoms with Crippen LogP contribution in [-0.2, 0) is 9.47 Å². The van der Waals surface area contributed by atoms with Gasteiger partial charge in [0.25, 0.3) is 0 Å². The summed E-state index contributed by atoms with van der Waals surface area (Å²) in [6.07, 6.45) is 3.41. The predicted octanol–water partition coefficient (Wildman–Crippen LogP) is 0.891. The molecule has 0 bridgehead atoms. The van der Waals surface area contributed by atoms with Gasteiger partial charge in [-0.2, -0.15) is 0 Å². The number of piperidine rings is 1. The van der Waals surface area contributed by atoms with Gasteiger partial charge in [-0.05, 0) is 6.42 Å². The van der Waals surface area contributed by atoms with Gasteiger partial charge in [0.05, 0.1) is 12.7 Å². The first-order valence-corrected chi connectivity index (χ1v) is 4.87. The zero-order chi connectivity index (χ0) is 8.44. The smallest absolute Gasteiger partial charge is 0.171 e. The van der Waals surface area contributed by atoms with Crippen LogP contribution in [0.15, 0.2) is 0 Å². The summed E-state index contributed by atoms with van der Waals surface area (Å²) in [7, 11) is 0. The van der Waals surface area contributed by atoms with Crippen molar-refractivity contribution in [1.82, 2.24) is 5.32 Å². The van der Waals surface area contributed by atoms with Crippen LogP contribution >= 0.6 is 0 Å². The summed E-state index contributed by atoms with van der Waals surface area (Å²) in [4.78, 5) is 0. The summed E-state index contributed by atoms with van der Waals surface area (Å²) >= 11 is 0. The molecule has 70 valence electrons. The monoisotopic (exact) mass is 171 g/mol. The molecule has 2 rings (SSSR count). The number of nitrogens with one attached hydrogen (secondary N) is 1. The SMILES string of the molecule is CCC1COC2(CCNCC2)O1. The quantitative estimate of drug-likeness (QED) is 0.635. The fraction of sp³-hybridized carbons (Fsp3) is 1.00. The largest absolute Gasteiger partial charge is 0.347 e. The first-order valence-electron chi connectivity index (χ1n) is 4.87. The molecule has 2 saturated heterocycles. The highest BCUT2D eigenvalue weighted by molar-refractivity contribution is 4.83. The normalized spacial score (nSPS) is 34.2. The summed E-state index contributed by atoms with van der Waals surface area (Å²) in [5.41, 5.74) is 0. The van der Waals surface area contributed by atoms with E-state index in [1.165, 1.54) is 0 Å². The predicted molar refractivity (Wildman–Crippen MR) is 46.0 cm³/mol. The van der Waals surface area contributed by atoms with Gasteiger partial charge in [0.1, 0.15) is 0 Å². The number of rotatable bonds is 1. The number of hydrogen-bond acceptors (Lipinski definition) is 3. The first kappa shape index (κ1) is 8.48. The highest BCUT2D eigenvalue weighted by Crippen LogP contribution is 2.32. The van der Waals surface area contributed by atoms with Crippen LogP contribution in [0.5, 0.6) is 0 Å². The molecular formula is C9H17NO2. The van der Waals surface area contributed by atoms with Gasteiger partial charge >= 0.3 is 0 Å². The van der Waals surface area contributed by atoms with Gasteiger partial charge < -0.3 is 14.8 Å². The molecule has 2 aliphatic rings. The van der Waals surface area contributed by atoms with Crippen LogP contribution in [0.4, 0.5) is 0 Å². The van der Waals surface area contributed by atoms with E-state index < -0.39 is 0 Å². The zero-order valence-corrected chi connectivity index (χ0v) is 7.64. The minimum atomic E-state index is -0.216. The van der Waals surface area contributed by atoms with Gasteiger partial charge in [-0.3, -0.25) is 0 Å². The highest BCUT2D eigenvalue weighted by atomic mass is 16.7. The van der Waals surface area contributed by atoms with E-state index in [1.807, 2.05) is 0 Å². The maximum Gasteiger partial charge on any atom is 0.171 e. The van der Waals surface area contributed by atoms with Crippen LogP contribution in [0.2, 0.25) is 0 Å². The average Bonchev–Trinajstić information content (AvgIpc) is 2.50. The van der Waals surface area contributed by atoms with Crippen molar-refractivity contribution in [2.24, 2.45) is 0 Å². The Balaban J connectivity index is 1.94. The molecule has 1 spiro atoms. The minimum absolute atomic E-state index is 0.216. The first-order chi connectivity index (χ1) is 5.85. The Bertz CT molecular complexity index is 155. The van der Waals surface area contributed by atoms with Crippen molar-refractivity contribution >= 4 is 0 Å². The van der Waals surface area contributed by atoms with Gasteiger partial charge in [-0.1, -0.05) is 6.92 Å². The van der Waals surface area contributed by atoms with Gasteiger partial charge in [0.15, 0.2) is 5.79 Å². The molecule has 1 unspecified atom stereocenters. The summed E-state index contributed by atoms with van der Waals surface area (Å²) < 4.78 is 11.6. The number of hydrogen-bond donors (Lipinski definition) is 1. The second-order valence-electron chi connectivity index (χ2n) is 3.62. The second-order valence-corrected chi connectivity index (χ2v) is 3.62. The molecule has 0 radical (unpaired) electrons. The fourth-order valence-electron chi connectivity index (χ4n) is 1.89. The van der Waals surface area contributed by atoms with Crippen molar-refractivity contribution in [2.75, 3.05) is 19.7 Å². The van der Waals surface area contributed by atoms with E-state index in [9.17, 15) is 0 Å². The Hall–Kier alpha value is -0.120. The molecule has 2 heterocycles. The third kappa shape index (κ3) is 1.49. The van der Waals surface area contributed by atoms with E-state index in [-0.39, 0.29) is 5.79 Å². The zero-order valence-electron chi connectivity index (χ0n) is 7.64. The third-order valence-electron chi connectivity index (χ3n) is 2.73. The molecule has 0 aromatic rings. The molecule has 3 nitrogen and oxygen atoms in total. The lowest BCUT2D eigenvalue weighted by Crippen LogP contribution is -2.43. The van der Waals surface area contributed by atoms with E-state index in [2.05, 4.69) is 12.2 Å². The van der Waals surface area contributed by atoms with Gasteiger partial charge in [-0.15, -0.1) is 0 Å². The molecule has 1 N–H and O–H groups in total. The Labute approximate surface area is 73.4 Å². The van der Waals surface area contributed by atoms with E-state index in [0.717, 1.165) is 39.0 Å². The Morgan fingerprint density at radius 3 is 2.75 bits per heavy atom. The minimum Gasteiger partial charge on any atom is -0.347 e. The van der Waals surface area contributed by atoms with Crippen molar-refractivity contribution in [3.05, 3.63) is 0 Å². The lowest BCUT2D eigenvalue weighted by Gasteiger charge is -2.32. The topological polar surface area (TPSA) is 30.5 Å². The van der Waals surface area contributed by atoms with Crippen LogP contribution in [0.1, 0.15) is 26.2 Å². The maximum absolute atomic E-state index is 5.88. The Kier molecular flexibility index (Phi) is 2.35. The van der Waals surface area contributed by atoms with E-state index in [0.29, 0.717) is 6.10 Å². The summed E-state index contributed by atoms with van der Waals surface area (Å²) in [5, 5.41) is 3.31. The average molecular weight is 171 g/mol. The van der Waals surface area contributed by atoms with Gasteiger partial charge in [-0.25, -0.2) is 0 Å². The molecule has 2 aliphatic heterocycles. The fourth-order valence-corrected chi connectivity index (χ4v) is 1.89. The van der Waals surface area contributed by atoms with Crippen LogP contribution < -0.4 is 5.32 Å². The summed E-state index contributed by atoms with van der Waals surface area (Å²) in [6, 6.07) is 0. The molecule has 0 saturated carbocycles. The second kappa shape index (κ2) is 3.32. The lowest BCUT2D eigenvalue weighted by molar-refractivity contribution is -0.183. The van der Waals surface area contributed by atoms with Gasteiger partial charge in [0, 0.05) is 25.9 Å². The molecule has 0 aliphatic carbocycles. The molecule has 1 atom stereocenters. The lowest BCUT2D eigenvalue weighted by atomic mass is 10.1. The van der Waals surface area contributed by atoms with Crippen molar-refractivity contribution in [3.8, 4) is 0 Å². The standard InChI is InChI=1S/C9H17NO2/c1-2-8-7-11-9(12-8)3-5-10-6-4-9/h8,10H,2-7H2,1H3. The summed E-state index contributed by atoms with van der Waals surface area (Å²) in [5.74, 6) is -0.216. The molecule has 0 aromatic heterocycles. The van der Waals surface area contributed by atoms with Gasteiger partial charge in [0.2, 0.25) is 0 Å². The van der Waals surface area contributed by atoms with Crippen LogP contribution in [0.25, 0.3) is 0 Å². The van der Waals surface area contributed by atoms with E-state index >= 15 is 0 Å². The molecule has 12 heavy (non-hydrogen) atoms. The van der Waals surface area contributed by atoms with Crippen molar-refractivity contribution < 1.29 is 9.47 Å². The molecule has 2 fully saturated rings. The van der Waals surface area contributed by atoms with E-state index in [1.54, 1.807) is 0 Å². The third-order valence-corrected chi connectivity index (χ3v) is 2.73. The molecule has 3 heteroatoms. The summed E-state index contributed by atoms with van der Waals surface area (Å²) in [6.45, 7) is 4.98. The Morgan fingerprint density at radius 2 is 2.17 bits per heavy atom. The van der Waals surface area contributed by atoms with Crippen LogP contribution in [0.3, 0.4) is 0 Å². The maximum atomic E-state index is 5.88. The Morgan fingerprint density at radius 1 is 1.42 bits per heavy atom. The number of ether oxygens (including phenoxy) is 2. The van der Waals surface area contributed by atoms with E-state index in [4.69, 9.17) is 9.47 Å². The molecular weight excluding hydrogens is 154 g/mol. The molecule has 0 aromatic carbocycles. The van der Waals surface area contributed by atoms with Crippen LogP contribution in [0, 0.1) is 0 Å². The highest BCUT2D eigenvalue weighted by Gasteiger charge is 2.41. The molecule has 0 amide bonds. The van der Waals surface area contributed by atoms with Crippen molar-refractivity contribution in [2.45, 2.75) is 38.1 Å². The van der Waals surface area contributed by atoms with Crippen molar-refractivity contribution in [1.29, 1.82) is 0 Å². The van der Waals surface area contributed by atoms with Crippen LogP contribution in [-0.4, -0.2) is 31.6 Å². The van der Waals surface area contributed by atoms with Crippen molar-refractivity contribution in [3.63, 3.8) is 0 Å².